The van der Waals surface area contributed by atoms with Crippen LogP contribution in [0.15, 0.2) is 60.4 Å². The molecule has 0 radical (unpaired) electrons. The van der Waals surface area contributed by atoms with Crippen LogP contribution in [0, 0.1) is 0 Å². The zero-order valence-electron chi connectivity index (χ0n) is 16.6. The van der Waals surface area contributed by atoms with Crippen molar-refractivity contribution in [2.75, 3.05) is 18.0 Å². The number of benzene rings is 1. The summed E-state index contributed by atoms with van der Waals surface area (Å²) in [6.07, 6.45) is 5.90. The number of piperidine rings is 1. The molecule has 1 aliphatic rings. The van der Waals surface area contributed by atoms with Crippen molar-refractivity contribution in [3.63, 3.8) is 0 Å². The molecule has 8 heteroatoms. The van der Waals surface area contributed by atoms with Crippen LogP contribution in [-0.4, -0.2) is 37.7 Å². The van der Waals surface area contributed by atoms with E-state index in [1.165, 1.54) is 0 Å². The maximum absolute atomic E-state index is 6.11. The van der Waals surface area contributed by atoms with Crippen LogP contribution in [0.25, 0.3) is 27.0 Å². The first-order chi connectivity index (χ1) is 15.3. The molecule has 1 unspecified atom stereocenters. The highest BCUT2D eigenvalue weighted by atomic mass is 35.5. The van der Waals surface area contributed by atoms with Gasteiger partial charge in [0, 0.05) is 41.2 Å². The third kappa shape index (κ3) is 3.25. The number of pyridine rings is 1. The second-order valence-electron chi connectivity index (χ2n) is 7.81. The van der Waals surface area contributed by atoms with Gasteiger partial charge in [0.25, 0.3) is 0 Å². The van der Waals surface area contributed by atoms with E-state index in [9.17, 15) is 0 Å². The summed E-state index contributed by atoms with van der Waals surface area (Å²) < 4.78 is 2.10. The van der Waals surface area contributed by atoms with Crippen LogP contribution in [0.3, 0.4) is 0 Å². The molecule has 1 aromatic carbocycles. The lowest BCUT2D eigenvalue weighted by Crippen LogP contribution is -2.35. The molecule has 0 spiro atoms. The third-order valence-corrected chi connectivity index (χ3v) is 7.07. The summed E-state index contributed by atoms with van der Waals surface area (Å²) in [5.74, 6) is 2.32. The maximum Gasteiger partial charge on any atom is 0.160 e. The zero-order valence-corrected chi connectivity index (χ0v) is 18.2. The highest BCUT2D eigenvalue weighted by Crippen LogP contribution is 2.40. The zero-order chi connectivity index (χ0) is 20.8. The average Bonchev–Trinajstić information content (AvgIpc) is 3.44. The smallest absolute Gasteiger partial charge is 0.160 e. The Morgan fingerprint density at radius 3 is 2.84 bits per heavy atom. The van der Waals surface area contributed by atoms with Crippen molar-refractivity contribution >= 4 is 44.6 Å². The molecule has 5 heterocycles. The molecule has 6 rings (SSSR count). The molecule has 0 amide bonds. The molecule has 1 atom stereocenters. The lowest BCUT2D eigenvalue weighted by atomic mass is 9.96. The Bertz CT molecular complexity index is 1380. The number of aromatic nitrogens is 5. The van der Waals surface area contributed by atoms with Gasteiger partial charge in [-0.05, 0) is 42.7 Å². The summed E-state index contributed by atoms with van der Waals surface area (Å²) in [6.45, 7) is 1.83. The minimum absolute atomic E-state index is 0.300. The molecule has 1 saturated heterocycles. The van der Waals surface area contributed by atoms with Crippen LogP contribution >= 0.6 is 22.9 Å². The molecule has 5 aromatic rings. The number of thiophene rings is 1. The number of hydrogen-bond donors (Lipinski definition) is 0. The van der Waals surface area contributed by atoms with Crippen LogP contribution in [0.4, 0.5) is 5.82 Å². The van der Waals surface area contributed by atoms with Crippen LogP contribution in [-0.2, 0) is 0 Å². The van der Waals surface area contributed by atoms with Gasteiger partial charge < -0.3 is 4.90 Å². The molecule has 0 aliphatic carbocycles. The first-order valence-corrected chi connectivity index (χ1v) is 11.6. The highest BCUT2D eigenvalue weighted by Gasteiger charge is 2.28. The van der Waals surface area contributed by atoms with Gasteiger partial charge in [0.05, 0.1) is 5.39 Å². The molecular weight excluding hydrogens is 428 g/mol. The minimum atomic E-state index is 0.300. The lowest BCUT2D eigenvalue weighted by molar-refractivity contribution is 0.486. The summed E-state index contributed by atoms with van der Waals surface area (Å²) >= 11 is 7.76. The molecule has 0 bridgehead atoms. The van der Waals surface area contributed by atoms with Gasteiger partial charge in [-0.15, -0.1) is 21.5 Å². The highest BCUT2D eigenvalue weighted by molar-refractivity contribution is 7.17. The fraction of sp³-hybridized carbons (Fsp3) is 0.217. The predicted octanol–water partition coefficient (Wildman–Crippen LogP) is 5.44. The quantitative estimate of drug-likeness (QED) is 0.369. The summed E-state index contributed by atoms with van der Waals surface area (Å²) in [4.78, 5) is 12.7. The molecule has 4 aromatic heterocycles. The second-order valence-corrected chi connectivity index (χ2v) is 9.10. The minimum Gasteiger partial charge on any atom is -0.355 e. The summed E-state index contributed by atoms with van der Waals surface area (Å²) in [5.41, 5.74) is 3.17. The molecule has 0 saturated carbocycles. The first-order valence-electron chi connectivity index (χ1n) is 10.3. The Balaban J connectivity index is 1.40. The average molecular weight is 447 g/mol. The largest absolute Gasteiger partial charge is 0.355 e. The van der Waals surface area contributed by atoms with E-state index in [0.717, 1.165) is 69.6 Å². The number of fused-ring (bicyclic) bond motifs is 2. The van der Waals surface area contributed by atoms with Gasteiger partial charge in [0.15, 0.2) is 5.65 Å². The van der Waals surface area contributed by atoms with Crippen molar-refractivity contribution in [2.24, 2.45) is 0 Å². The topological polar surface area (TPSA) is 59.2 Å². The third-order valence-electron chi connectivity index (χ3n) is 5.93. The normalized spacial score (nSPS) is 16.9. The molecule has 31 heavy (non-hydrogen) atoms. The van der Waals surface area contributed by atoms with Gasteiger partial charge in [-0.25, -0.2) is 9.97 Å². The van der Waals surface area contributed by atoms with Gasteiger partial charge in [-0.2, -0.15) is 0 Å². The van der Waals surface area contributed by atoms with Crippen molar-refractivity contribution < 1.29 is 0 Å². The standard InChI is InChI=1S/C23H19ClN6S/c24-17-8-6-15(7-9-17)18-13-31-23-20(18)22(25-14-26-23)29-10-3-4-16(12-29)21-28-27-19-5-1-2-11-30(19)21/h1-2,5-9,11,13-14,16H,3-4,10,12H2. The lowest BCUT2D eigenvalue weighted by Gasteiger charge is -2.33. The van der Waals surface area contributed by atoms with Gasteiger partial charge in [-0.3, -0.25) is 4.40 Å². The molecule has 154 valence electrons. The fourth-order valence-electron chi connectivity index (χ4n) is 4.46. The first kappa shape index (κ1) is 18.7. The number of halogens is 1. The fourth-order valence-corrected chi connectivity index (χ4v) is 5.50. The Morgan fingerprint density at radius 1 is 1.03 bits per heavy atom. The van der Waals surface area contributed by atoms with Crippen molar-refractivity contribution in [3.8, 4) is 11.1 Å². The van der Waals surface area contributed by atoms with Crippen LogP contribution < -0.4 is 4.90 Å². The van der Waals surface area contributed by atoms with Crippen LogP contribution in [0.2, 0.25) is 5.02 Å². The van der Waals surface area contributed by atoms with Crippen LogP contribution in [0.5, 0.6) is 0 Å². The second kappa shape index (κ2) is 7.59. The Morgan fingerprint density at radius 2 is 1.94 bits per heavy atom. The van der Waals surface area contributed by atoms with E-state index in [-0.39, 0.29) is 0 Å². The molecule has 0 N–H and O–H groups in total. The van der Waals surface area contributed by atoms with Gasteiger partial charge in [0.1, 0.15) is 22.8 Å². The van der Waals surface area contributed by atoms with Crippen molar-refractivity contribution in [3.05, 3.63) is 71.2 Å². The van der Waals surface area contributed by atoms with Crippen molar-refractivity contribution in [1.29, 1.82) is 0 Å². The SMILES string of the molecule is Clc1ccc(-c2csc3ncnc(N4CCCC(c5nnc6ccccn56)C4)c23)cc1. The Hall–Kier alpha value is -3.03. The van der Waals surface area contributed by atoms with Crippen LogP contribution in [0.1, 0.15) is 24.6 Å². The van der Waals surface area contributed by atoms with E-state index < -0.39 is 0 Å². The molecular formula is C23H19ClN6S. The van der Waals surface area contributed by atoms with Gasteiger partial charge >= 0.3 is 0 Å². The molecule has 1 fully saturated rings. The predicted molar refractivity (Wildman–Crippen MR) is 125 cm³/mol. The van der Waals surface area contributed by atoms with E-state index in [1.54, 1.807) is 17.7 Å². The Kier molecular flexibility index (Phi) is 4.58. The number of rotatable bonds is 3. The van der Waals surface area contributed by atoms with E-state index in [1.807, 2.05) is 36.5 Å². The van der Waals surface area contributed by atoms with E-state index in [2.05, 4.69) is 42.0 Å². The number of anilines is 1. The van der Waals surface area contributed by atoms with Crippen molar-refractivity contribution in [2.45, 2.75) is 18.8 Å². The summed E-state index contributed by atoms with van der Waals surface area (Å²) in [6, 6.07) is 14.0. The van der Waals surface area contributed by atoms with E-state index >= 15 is 0 Å². The van der Waals surface area contributed by atoms with Crippen molar-refractivity contribution in [1.82, 2.24) is 24.6 Å². The van der Waals surface area contributed by atoms with E-state index in [4.69, 9.17) is 16.6 Å². The monoisotopic (exact) mass is 446 g/mol. The molecule has 6 nitrogen and oxygen atoms in total. The number of nitrogens with zero attached hydrogens (tertiary/aromatic N) is 6. The van der Waals surface area contributed by atoms with Gasteiger partial charge in [-0.1, -0.05) is 29.8 Å². The van der Waals surface area contributed by atoms with E-state index in [0.29, 0.717) is 5.92 Å². The summed E-state index contributed by atoms with van der Waals surface area (Å²) in [7, 11) is 0. The maximum atomic E-state index is 6.11. The summed E-state index contributed by atoms with van der Waals surface area (Å²) in [5, 5.41) is 12.9. The Labute approximate surface area is 188 Å². The van der Waals surface area contributed by atoms with Gasteiger partial charge in [0.2, 0.25) is 0 Å². The number of hydrogen-bond acceptors (Lipinski definition) is 6. The molecule has 1 aliphatic heterocycles.